The van der Waals surface area contributed by atoms with Crippen molar-refractivity contribution in [2.24, 2.45) is 0 Å². The number of nitrogens with zero attached hydrogens (tertiary/aromatic N) is 2. The van der Waals surface area contributed by atoms with E-state index >= 15 is 0 Å². The third kappa shape index (κ3) is 4.45. The Labute approximate surface area is 163 Å². The molecule has 0 fully saturated rings. The van der Waals surface area contributed by atoms with Crippen LogP contribution in [0.5, 0.6) is 5.75 Å². The first-order valence-electron chi connectivity index (χ1n) is 8.18. The third-order valence-corrected chi connectivity index (χ3v) is 4.15. The number of rotatable bonds is 4. The molecule has 5 nitrogen and oxygen atoms in total. The van der Waals surface area contributed by atoms with E-state index in [1.807, 2.05) is 0 Å². The number of carbonyl (C=O) groups is 1. The van der Waals surface area contributed by atoms with E-state index in [0.29, 0.717) is 16.5 Å². The fourth-order valence-corrected chi connectivity index (χ4v) is 2.80. The largest absolute Gasteiger partial charge is 0.435 e. The molecule has 0 atom stereocenters. The van der Waals surface area contributed by atoms with Crippen molar-refractivity contribution in [3.8, 4) is 11.4 Å². The van der Waals surface area contributed by atoms with Gasteiger partial charge < -0.3 is 10.1 Å². The Hall–Kier alpha value is -3.00. The topological polar surface area (TPSA) is 56.2 Å². The molecular weight excluding hydrogens is 395 g/mol. The van der Waals surface area contributed by atoms with Gasteiger partial charge in [0, 0.05) is 10.6 Å². The van der Waals surface area contributed by atoms with Crippen LogP contribution in [0.15, 0.2) is 54.6 Å². The number of amides is 1. The Morgan fingerprint density at radius 3 is 2.54 bits per heavy atom. The summed E-state index contributed by atoms with van der Waals surface area (Å²) in [5.74, 6) is 0.316. The van der Waals surface area contributed by atoms with Crippen LogP contribution in [0, 0.1) is 6.92 Å². The van der Waals surface area contributed by atoms with Gasteiger partial charge in [-0.2, -0.15) is 18.3 Å². The van der Waals surface area contributed by atoms with Gasteiger partial charge in [-0.3, -0.25) is 0 Å². The Morgan fingerprint density at radius 1 is 1.18 bits per heavy atom. The highest BCUT2D eigenvalue weighted by Crippen LogP contribution is 2.33. The predicted molar refractivity (Wildman–Crippen MR) is 97.6 cm³/mol. The Bertz CT molecular complexity index is 988. The summed E-state index contributed by atoms with van der Waals surface area (Å²) < 4.78 is 46.1. The Morgan fingerprint density at radius 2 is 1.89 bits per heavy atom. The van der Waals surface area contributed by atoms with Gasteiger partial charge in [-0.25, -0.2) is 9.48 Å². The Kier molecular flexibility index (Phi) is 5.60. The van der Waals surface area contributed by atoms with E-state index in [1.54, 1.807) is 48.5 Å². The molecule has 28 heavy (non-hydrogen) atoms. The number of aromatic nitrogens is 2. The molecule has 146 valence electrons. The molecule has 0 unspecified atom stereocenters. The summed E-state index contributed by atoms with van der Waals surface area (Å²) in [5, 5.41) is 6.50. The van der Waals surface area contributed by atoms with Crippen molar-refractivity contribution >= 4 is 17.7 Å². The highest BCUT2D eigenvalue weighted by atomic mass is 35.5. The van der Waals surface area contributed by atoms with Crippen LogP contribution in [0.25, 0.3) is 5.69 Å². The van der Waals surface area contributed by atoms with Crippen molar-refractivity contribution in [2.75, 3.05) is 0 Å². The molecule has 9 heteroatoms. The van der Waals surface area contributed by atoms with Crippen molar-refractivity contribution in [3.63, 3.8) is 0 Å². The predicted octanol–water partition coefficient (Wildman–Crippen LogP) is 5.14. The van der Waals surface area contributed by atoms with Gasteiger partial charge in [0.2, 0.25) is 0 Å². The van der Waals surface area contributed by atoms with Crippen molar-refractivity contribution in [1.82, 2.24) is 15.1 Å². The summed E-state index contributed by atoms with van der Waals surface area (Å²) in [4.78, 5) is 12.0. The van der Waals surface area contributed by atoms with Gasteiger partial charge in [0.25, 0.3) is 0 Å². The molecule has 1 N–H and O–H groups in total. The van der Waals surface area contributed by atoms with Crippen LogP contribution in [0.3, 0.4) is 0 Å². The van der Waals surface area contributed by atoms with E-state index < -0.39 is 18.0 Å². The molecule has 0 aliphatic carbocycles. The van der Waals surface area contributed by atoms with Gasteiger partial charge in [-0.15, -0.1) is 0 Å². The highest BCUT2D eigenvalue weighted by Gasteiger charge is 2.38. The van der Waals surface area contributed by atoms with E-state index in [-0.39, 0.29) is 17.8 Å². The highest BCUT2D eigenvalue weighted by molar-refractivity contribution is 6.30. The van der Waals surface area contributed by atoms with E-state index in [0.717, 1.165) is 4.68 Å². The van der Waals surface area contributed by atoms with E-state index in [4.69, 9.17) is 16.3 Å². The molecule has 0 saturated heterocycles. The lowest BCUT2D eigenvalue weighted by Gasteiger charge is -2.10. The van der Waals surface area contributed by atoms with Gasteiger partial charge in [-0.1, -0.05) is 35.9 Å². The number of hydrogen-bond acceptors (Lipinski definition) is 3. The normalized spacial score (nSPS) is 11.3. The minimum Gasteiger partial charge on any atom is -0.410 e. The fraction of sp³-hybridized carbons (Fsp3) is 0.158. The first-order chi connectivity index (χ1) is 13.3. The quantitative estimate of drug-likeness (QED) is 0.649. The molecular formula is C19H15ClF3N3O2. The number of alkyl halides is 3. The van der Waals surface area contributed by atoms with Crippen LogP contribution in [-0.4, -0.2) is 15.9 Å². The summed E-state index contributed by atoms with van der Waals surface area (Å²) >= 11 is 5.95. The van der Waals surface area contributed by atoms with Crippen molar-refractivity contribution in [3.05, 3.63) is 76.6 Å². The van der Waals surface area contributed by atoms with Gasteiger partial charge in [0.1, 0.15) is 5.75 Å². The van der Waals surface area contributed by atoms with E-state index in [9.17, 15) is 18.0 Å². The molecule has 0 radical (unpaired) electrons. The summed E-state index contributed by atoms with van der Waals surface area (Å²) in [6.07, 6.45) is -5.43. The smallest absolute Gasteiger partial charge is 0.410 e. The van der Waals surface area contributed by atoms with E-state index in [2.05, 4.69) is 10.4 Å². The number of para-hydroxylation sites is 1. The lowest BCUT2D eigenvalue weighted by atomic mass is 10.2. The minimum atomic E-state index is -4.63. The van der Waals surface area contributed by atoms with Crippen LogP contribution in [0.4, 0.5) is 18.0 Å². The molecule has 1 aromatic heterocycles. The van der Waals surface area contributed by atoms with Crippen molar-refractivity contribution in [2.45, 2.75) is 19.6 Å². The zero-order valence-electron chi connectivity index (χ0n) is 14.6. The molecule has 0 saturated carbocycles. The first kappa shape index (κ1) is 19.8. The molecule has 2 aromatic carbocycles. The lowest BCUT2D eigenvalue weighted by molar-refractivity contribution is -0.141. The summed E-state index contributed by atoms with van der Waals surface area (Å²) in [7, 11) is 0. The second-order valence-electron chi connectivity index (χ2n) is 5.87. The molecule has 3 rings (SSSR count). The van der Waals surface area contributed by atoms with Gasteiger partial charge >= 0.3 is 12.3 Å². The van der Waals surface area contributed by atoms with Gasteiger partial charge in [-0.05, 0) is 37.3 Å². The number of ether oxygens (including phenoxy) is 1. The van der Waals surface area contributed by atoms with Crippen LogP contribution in [0.2, 0.25) is 5.02 Å². The minimum absolute atomic E-state index is 0.0903. The fourth-order valence-electron chi connectivity index (χ4n) is 2.62. The van der Waals surface area contributed by atoms with Crippen LogP contribution in [0.1, 0.15) is 17.0 Å². The maximum absolute atomic E-state index is 13.3. The monoisotopic (exact) mass is 409 g/mol. The third-order valence-electron chi connectivity index (χ3n) is 3.92. The maximum atomic E-state index is 13.3. The molecule has 1 heterocycles. The summed E-state index contributed by atoms with van der Waals surface area (Å²) in [5.41, 5.74) is -0.605. The zero-order chi connectivity index (χ0) is 20.3. The second-order valence-corrected chi connectivity index (χ2v) is 6.30. The standard InChI is InChI=1S/C19H15ClF3N3O2/c1-12-16(11-24-18(27)28-15-8-3-2-4-9-15)26(25-17(12)19(21,22)23)14-7-5-6-13(20)10-14/h2-10H,11H2,1H3,(H,24,27). The summed E-state index contributed by atoms with van der Waals surface area (Å²) in [6.45, 7) is 1.09. The number of nitrogens with one attached hydrogen (secondary N) is 1. The molecule has 0 aliphatic heterocycles. The number of halogens is 4. The molecule has 3 aromatic rings. The number of benzene rings is 2. The summed E-state index contributed by atoms with van der Waals surface area (Å²) in [6, 6.07) is 14.6. The second kappa shape index (κ2) is 7.93. The van der Waals surface area contributed by atoms with Gasteiger partial charge in [0.05, 0.1) is 17.9 Å². The molecule has 0 aliphatic rings. The number of carbonyl (C=O) groups excluding carboxylic acids is 1. The van der Waals surface area contributed by atoms with Crippen molar-refractivity contribution < 1.29 is 22.7 Å². The number of hydrogen-bond donors (Lipinski definition) is 1. The van der Waals surface area contributed by atoms with Crippen LogP contribution in [-0.2, 0) is 12.7 Å². The average molecular weight is 410 g/mol. The lowest BCUT2D eigenvalue weighted by Crippen LogP contribution is -2.27. The maximum Gasteiger partial charge on any atom is 0.435 e. The molecule has 0 bridgehead atoms. The Balaban J connectivity index is 1.88. The SMILES string of the molecule is Cc1c(C(F)(F)F)nn(-c2cccc(Cl)c2)c1CNC(=O)Oc1ccccc1. The van der Waals surface area contributed by atoms with Crippen molar-refractivity contribution in [1.29, 1.82) is 0 Å². The zero-order valence-corrected chi connectivity index (χ0v) is 15.4. The average Bonchev–Trinajstić information content (AvgIpc) is 2.97. The van der Waals surface area contributed by atoms with E-state index in [1.165, 1.54) is 13.0 Å². The molecule has 1 amide bonds. The first-order valence-corrected chi connectivity index (χ1v) is 8.56. The molecule has 0 spiro atoms. The van der Waals surface area contributed by atoms with Crippen LogP contribution >= 0.6 is 11.6 Å². The van der Waals surface area contributed by atoms with Crippen LogP contribution < -0.4 is 10.1 Å². The van der Waals surface area contributed by atoms with Gasteiger partial charge in [0.15, 0.2) is 5.69 Å².